The zero-order chi connectivity index (χ0) is 17.3. The molecular weight excluding hydrogens is 324 g/mol. The molecule has 1 saturated heterocycles. The number of hydrogen-bond donors (Lipinski definition) is 0. The summed E-state index contributed by atoms with van der Waals surface area (Å²) in [5.41, 5.74) is 3.36. The Bertz CT molecular complexity index is 804. The molecule has 1 aliphatic heterocycles. The predicted molar refractivity (Wildman–Crippen MR) is 91.5 cm³/mol. The van der Waals surface area contributed by atoms with Gasteiger partial charge in [0.15, 0.2) is 0 Å². The lowest BCUT2D eigenvalue weighted by atomic mass is 10.0. The predicted octanol–water partition coefficient (Wildman–Crippen LogP) is 3.16. The van der Waals surface area contributed by atoms with Crippen LogP contribution in [0.4, 0.5) is 0 Å². The van der Waals surface area contributed by atoms with Crippen LogP contribution in [0.25, 0.3) is 0 Å². The third kappa shape index (κ3) is 3.02. The molecule has 2 heterocycles. The monoisotopic (exact) mass is 342 g/mol. The molecule has 0 aliphatic carbocycles. The van der Waals surface area contributed by atoms with E-state index in [1.807, 2.05) is 31.0 Å². The van der Waals surface area contributed by atoms with Gasteiger partial charge in [-0.3, -0.25) is 9.48 Å². The molecule has 1 aliphatic rings. The Morgan fingerprint density at radius 3 is 2.71 bits per heavy atom. The van der Waals surface area contributed by atoms with E-state index in [2.05, 4.69) is 11.2 Å². The lowest BCUT2D eigenvalue weighted by Gasteiger charge is -2.25. The average Bonchev–Trinajstić information content (AvgIpc) is 3.13. The molecule has 5 nitrogen and oxygen atoms in total. The topological polar surface area (TPSA) is 61.9 Å². The SMILES string of the molecule is Cc1nn(C)c(Cl)c1[C@H]1CCCN1C(=O)Cc1ccc(C#N)cc1. The highest BCUT2D eigenvalue weighted by Gasteiger charge is 2.33. The number of benzene rings is 1. The highest BCUT2D eigenvalue weighted by molar-refractivity contribution is 6.30. The van der Waals surface area contributed by atoms with Crippen molar-refractivity contribution in [2.24, 2.45) is 7.05 Å². The quantitative estimate of drug-likeness (QED) is 0.860. The Kier molecular flexibility index (Phi) is 4.59. The van der Waals surface area contributed by atoms with Crippen molar-refractivity contribution in [2.75, 3.05) is 6.54 Å². The van der Waals surface area contributed by atoms with Crippen molar-refractivity contribution in [3.8, 4) is 6.07 Å². The molecule has 6 heteroatoms. The van der Waals surface area contributed by atoms with E-state index in [4.69, 9.17) is 16.9 Å². The van der Waals surface area contributed by atoms with Crippen molar-refractivity contribution < 1.29 is 4.79 Å². The van der Waals surface area contributed by atoms with Gasteiger partial charge < -0.3 is 4.90 Å². The zero-order valence-corrected chi connectivity index (χ0v) is 14.5. The summed E-state index contributed by atoms with van der Waals surface area (Å²) in [5.74, 6) is 0.0847. The third-order valence-electron chi connectivity index (χ3n) is 4.54. The van der Waals surface area contributed by atoms with Crippen molar-refractivity contribution in [2.45, 2.75) is 32.2 Å². The van der Waals surface area contributed by atoms with E-state index < -0.39 is 0 Å². The van der Waals surface area contributed by atoms with Gasteiger partial charge >= 0.3 is 0 Å². The molecule has 1 atom stereocenters. The van der Waals surface area contributed by atoms with E-state index in [9.17, 15) is 4.79 Å². The van der Waals surface area contributed by atoms with Gasteiger partial charge in [-0.1, -0.05) is 23.7 Å². The molecule has 0 bridgehead atoms. The molecule has 24 heavy (non-hydrogen) atoms. The molecule has 3 rings (SSSR count). The Morgan fingerprint density at radius 1 is 1.42 bits per heavy atom. The summed E-state index contributed by atoms with van der Waals surface area (Å²) in [7, 11) is 1.82. The number of halogens is 1. The second-order valence-corrected chi connectivity index (χ2v) is 6.50. The number of rotatable bonds is 3. The normalized spacial score (nSPS) is 17.1. The largest absolute Gasteiger partial charge is 0.335 e. The molecule has 0 spiro atoms. The lowest BCUT2D eigenvalue weighted by molar-refractivity contribution is -0.131. The fourth-order valence-electron chi connectivity index (χ4n) is 3.36. The second-order valence-electron chi connectivity index (χ2n) is 6.14. The Balaban J connectivity index is 1.79. The van der Waals surface area contributed by atoms with E-state index in [1.165, 1.54) is 0 Å². The van der Waals surface area contributed by atoms with Crippen molar-refractivity contribution in [1.29, 1.82) is 5.26 Å². The van der Waals surface area contributed by atoms with Crippen LogP contribution in [0.15, 0.2) is 24.3 Å². The molecule has 1 amide bonds. The number of nitrogens with zero attached hydrogens (tertiary/aromatic N) is 4. The molecule has 1 fully saturated rings. The van der Waals surface area contributed by atoms with Crippen LogP contribution in [-0.2, 0) is 18.3 Å². The number of hydrogen-bond acceptors (Lipinski definition) is 3. The van der Waals surface area contributed by atoms with Crippen molar-refractivity contribution >= 4 is 17.5 Å². The maximum Gasteiger partial charge on any atom is 0.227 e. The number of likely N-dealkylation sites (tertiary alicyclic amines) is 1. The average molecular weight is 343 g/mol. The molecule has 1 aromatic heterocycles. The van der Waals surface area contributed by atoms with Gasteiger partial charge in [0.05, 0.1) is 29.8 Å². The lowest BCUT2D eigenvalue weighted by Crippen LogP contribution is -2.32. The van der Waals surface area contributed by atoms with Gasteiger partial charge in [-0.15, -0.1) is 0 Å². The number of nitriles is 1. The molecule has 0 radical (unpaired) electrons. The Labute approximate surface area is 146 Å². The van der Waals surface area contributed by atoms with Gasteiger partial charge in [0.25, 0.3) is 0 Å². The minimum Gasteiger partial charge on any atom is -0.335 e. The number of carbonyl (C=O) groups is 1. The summed E-state index contributed by atoms with van der Waals surface area (Å²) in [6, 6.07) is 9.24. The van der Waals surface area contributed by atoms with Crippen LogP contribution < -0.4 is 0 Å². The summed E-state index contributed by atoms with van der Waals surface area (Å²) >= 11 is 6.39. The molecule has 0 unspecified atom stereocenters. The van der Waals surface area contributed by atoms with E-state index in [0.717, 1.165) is 36.2 Å². The molecular formula is C18H19ClN4O. The van der Waals surface area contributed by atoms with Gasteiger partial charge in [0, 0.05) is 19.2 Å². The molecule has 0 saturated carbocycles. The number of aryl methyl sites for hydroxylation is 2. The summed E-state index contributed by atoms with van der Waals surface area (Å²) in [5, 5.41) is 13.8. The smallest absolute Gasteiger partial charge is 0.227 e. The van der Waals surface area contributed by atoms with Gasteiger partial charge in [-0.05, 0) is 37.5 Å². The molecule has 2 aromatic rings. The third-order valence-corrected chi connectivity index (χ3v) is 4.99. The van der Waals surface area contributed by atoms with Crippen LogP contribution in [0.5, 0.6) is 0 Å². The fraction of sp³-hybridized carbons (Fsp3) is 0.389. The highest BCUT2D eigenvalue weighted by Crippen LogP contribution is 2.37. The number of carbonyl (C=O) groups excluding carboxylic acids is 1. The van der Waals surface area contributed by atoms with Crippen molar-refractivity contribution in [3.63, 3.8) is 0 Å². The number of aromatic nitrogens is 2. The van der Waals surface area contributed by atoms with Gasteiger partial charge in [0.1, 0.15) is 5.15 Å². The van der Waals surface area contributed by atoms with E-state index >= 15 is 0 Å². The van der Waals surface area contributed by atoms with Gasteiger partial charge in [-0.2, -0.15) is 10.4 Å². The summed E-state index contributed by atoms with van der Waals surface area (Å²) in [6.45, 7) is 2.67. The first-order valence-electron chi connectivity index (χ1n) is 7.98. The summed E-state index contributed by atoms with van der Waals surface area (Å²) in [4.78, 5) is 14.7. The minimum absolute atomic E-state index is 0.00270. The first kappa shape index (κ1) is 16.5. The van der Waals surface area contributed by atoms with Gasteiger partial charge in [-0.25, -0.2) is 0 Å². The minimum atomic E-state index is -0.00270. The maximum absolute atomic E-state index is 12.8. The molecule has 1 aromatic carbocycles. The Morgan fingerprint density at radius 2 is 2.12 bits per heavy atom. The molecule has 124 valence electrons. The first-order valence-corrected chi connectivity index (χ1v) is 8.36. The van der Waals surface area contributed by atoms with Crippen LogP contribution in [0.3, 0.4) is 0 Å². The Hall–Kier alpha value is -2.32. The van der Waals surface area contributed by atoms with Crippen molar-refractivity contribution in [1.82, 2.24) is 14.7 Å². The van der Waals surface area contributed by atoms with E-state index in [0.29, 0.717) is 17.1 Å². The van der Waals surface area contributed by atoms with E-state index in [-0.39, 0.29) is 11.9 Å². The maximum atomic E-state index is 12.8. The van der Waals surface area contributed by atoms with Crippen LogP contribution >= 0.6 is 11.6 Å². The highest BCUT2D eigenvalue weighted by atomic mass is 35.5. The number of amides is 1. The summed E-state index contributed by atoms with van der Waals surface area (Å²) in [6.07, 6.45) is 2.21. The summed E-state index contributed by atoms with van der Waals surface area (Å²) < 4.78 is 1.66. The zero-order valence-electron chi connectivity index (χ0n) is 13.8. The second kappa shape index (κ2) is 6.66. The van der Waals surface area contributed by atoms with Crippen LogP contribution in [0.1, 0.15) is 41.3 Å². The standard InChI is InChI=1S/C18H19ClN4O/c1-12-17(18(19)22(2)21-12)15-4-3-9-23(15)16(24)10-13-5-7-14(11-20)8-6-13/h5-8,15H,3-4,9-10H2,1-2H3/t15-/m1/s1. The first-order chi connectivity index (χ1) is 11.5. The molecule has 0 N–H and O–H groups in total. The van der Waals surface area contributed by atoms with Crippen LogP contribution in [-0.4, -0.2) is 27.1 Å². The van der Waals surface area contributed by atoms with E-state index in [1.54, 1.807) is 16.8 Å². The van der Waals surface area contributed by atoms with Crippen molar-refractivity contribution in [3.05, 3.63) is 51.8 Å². The fourth-order valence-corrected chi connectivity index (χ4v) is 3.66. The van der Waals surface area contributed by atoms with Crippen LogP contribution in [0.2, 0.25) is 5.15 Å². The van der Waals surface area contributed by atoms with Crippen LogP contribution in [0, 0.1) is 18.3 Å². The van der Waals surface area contributed by atoms with Gasteiger partial charge in [0.2, 0.25) is 5.91 Å².